The van der Waals surface area contributed by atoms with Gasteiger partial charge in [-0.1, -0.05) is 81.2 Å². The predicted molar refractivity (Wildman–Crippen MR) is 113 cm³/mol. The van der Waals surface area contributed by atoms with Crippen molar-refractivity contribution in [2.24, 2.45) is 11.8 Å². The summed E-state index contributed by atoms with van der Waals surface area (Å²) in [5, 5.41) is 8.65. The molecule has 0 aliphatic rings. The van der Waals surface area contributed by atoms with E-state index < -0.39 is 5.97 Å². The Morgan fingerprint density at radius 1 is 1.00 bits per heavy atom. The third-order valence-corrected chi connectivity index (χ3v) is 4.78. The Bertz CT molecular complexity index is 575. The predicted octanol–water partition coefficient (Wildman–Crippen LogP) is 6.30. The maximum Gasteiger partial charge on any atom is 0.327 e. The van der Waals surface area contributed by atoms with Gasteiger partial charge in [-0.15, -0.1) is 0 Å². The lowest BCUT2D eigenvalue weighted by Gasteiger charge is -2.12. The van der Waals surface area contributed by atoms with Crippen molar-refractivity contribution in [3.8, 4) is 0 Å². The van der Waals surface area contributed by atoms with Crippen molar-refractivity contribution in [3.63, 3.8) is 0 Å². The Morgan fingerprint density at radius 2 is 1.67 bits per heavy atom. The standard InChI is InChI=1S/C24H34O3/c1-21(20-25)12-6-2-3-7-13-22(16-10-5-11-17-24(26)27)18-19-23-14-8-4-9-15-23/h4,8-9,11,14-15,17-22H,2-3,5-7,10,12-13,16H2,1H3,(H,26,27)/b17-11+,19-18+/t21-,22-/m0/s1. The van der Waals surface area contributed by atoms with Gasteiger partial charge < -0.3 is 9.90 Å². The third kappa shape index (κ3) is 12.8. The highest BCUT2D eigenvalue weighted by Gasteiger charge is 2.05. The maximum atomic E-state index is 10.6. The van der Waals surface area contributed by atoms with E-state index in [1.54, 1.807) is 6.08 Å². The summed E-state index contributed by atoms with van der Waals surface area (Å²) in [4.78, 5) is 21.2. The first-order chi connectivity index (χ1) is 13.1. The molecule has 27 heavy (non-hydrogen) atoms. The fourth-order valence-corrected chi connectivity index (χ4v) is 3.12. The average molecular weight is 371 g/mol. The van der Waals surface area contributed by atoms with Crippen LogP contribution >= 0.6 is 0 Å². The molecule has 0 saturated heterocycles. The second-order valence-electron chi connectivity index (χ2n) is 7.31. The van der Waals surface area contributed by atoms with Crippen molar-refractivity contribution >= 4 is 18.3 Å². The Balaban J connectivity index is 2.38. The summed E-state index contributed by atoms with van der Waals surface area (Å²) in [5.74, 6) is -0.165. The molecule has 0 bridgehead atoms. The zero-order valence-electron chi connectivity index (χ0n) is 16.6. The number of carbonyl (C=O) groups is 2. The molecular formula is C24H34O3. The number of hydrogen-bond donors (Lipinski definition) is 1. The summed E-state index contributed by atoms with van der Waals surface area (Å²) in [6.07, 6.45) is 18.3. The third-order valence-electron chi connectivity index (χ3n) is 4.78. The highest BCUT2D eigenvalue weighted by Crippen LogP contribution is 2.21. The number of rotatable bonds is 15. The van der Waals surface area contributed by atoms with Crippen molar-refractivity contribution < 1.29 is 14.7 Å². The van der Waals surface area contributed by atoms with Crippen molar-refractivity contribution in [2.75, 3.05) is 0 Å². The minimum absolute atomic E-state index is 0.186. The van der Waals surface area contributed by atoms with Crippen LogP contribution in [0.15, 0.2) is 48.6 Å². The molecule has 0 fully saturated rings. The molecule has 0 spiro atoms. The summed E-state index contributed by atoms with van der Waals surface area (Å²) >= 11 is 0. The molecular weight excluding hydrogens is 336 g/mol. The monoisotopic (exact) mass is 370 g/mol. The molecule has 0 aliphatic carbocycles. The molecule has 1 N–H and O–H groups in total. The molecule has 0 amide bonds. The minimum Gasteiger partial charge on any atom is -0.478 e. The lowest BCUT2D eigenvalue weighted by molar-refractivity contribution is -0.131. The van der Waals surface area contributed by atoms with E-state index >= 15 is 0 Å². The number of unbranched alkanes of at least 4 members (excludes halogenated alkanes) is 4. The van der Waals surface area contributed by atoms with Crippen molar-refractivity contribution in [2.45, 2.75) is 64.7 Å². The van der Waals surface area contributed by atoms with Gasteiger partial charge in [0.15, 0.2) is 0 Å². The van der Waals surface area contributed by atoms with E-state index in [4.69, 9.17) is 5.11 Å². The molecule has 3 heteroatoms. The summed E-state index contributed by atoms with van der Waals surface area (Å²) in [6.45, 7) is 1.98. The fraction of sp³-hybridized carbons (Fsp3) is 0.500. The van der Waals surface area contributed by atoms with Gasteiger partial charge >= 0.3 is 5.97 Å². The Morgan fingerprint density at radius 3 is 2.33 bits per heavy atom. The van der Waals surface area contributed by atoms with Gasteiger partial charge in [-0.25, -0.2) is 4.79 Å². The molecule has 2 atom stereocenters. The molecule has 0 radical (unpaired) electrons. The largest absolute Gasteiger partial charge is 0.478 e. The van der Waals surface area contributed by atoms with Crippen LogP contribution < -0.4 is 0 Å². The van der Waals surface area contributed by atoms with Crippen LogP contribution in [0.1, 0.15) is 70.3 Å². The van der Waals surface area contributed by atoms with Crippen LogP contribution in [0.3, 0.4) is 0 Å². The van der Waals surface area contributed by atoms with Gasteiger partial charge in [0.1, 0.15) is 6.29 Å². The lowest BCUT2D eigenvalue weighted by Crippen LogP contribution is -1.98. The summed E-state index contributed by atoms with van der Waals surface area (Å²) in [5.41, 5.74) is 1.22. The van der Waals surface area contributed by atoms with Crippen LogP contribution in [0.25, 0.3) is 6.08 Å². The number of carboxylic acids is 1. The van der Waals surface area contributed by atoms with Gasteiger partial charge in [0.2, 0.25) is 0 Å². The van der Waals surface area contributed by atoms with Gasteiger partial charge in [0.25, 0.3) is 0 Å². The van der Waals surface area contributed by atoms with Crippen molar-refractivity contribution in [1.29, 1.82) is 0 Å². The van der Waals surface area contributed by atoms with E-state index in [0.29, 0.717) is 5.92 Å². The molecule has 0 saturated carbocycles. The van der Waals surface area contributed by atoms with Crippen molar-refractivity contribution in [1.82, 2.24) is 0 Å². The Kier molecular flexibility index (Phi) is 12.7. The second kappa shape index (κ2) is 15.0. The van der Waals surface area contributed by atoms with Gasteiger partial charge in [-0.05, 0) is 43.6 Å². The van der Waals surface area contributed by atoms with E-state index in [0.717, 1.165) is 44.8 Å². The van der Waals surface area contributed by atoms with Crippen LogP contribution in [0.5, 0.6) is 0 Å². The van der Waals surface area contributed by atoms with Gasteiger partial charge in [0.05, 0.1) is 0 Å². The first-order valence-electron chi connectivity index (χ1n) is 10.2. The second-order valence-corrected chi connectivity index (χ2v) is 7.31. The number of carbonyl (C=O) groups excluding carboxylic acids is 1. The highest BCUT2D eigenvalue weighted by atomic mass is 16.4. The van der Waals surface area contributed by atoms with Crippen LogP contribution in [-0.4, -0.2) is 17.4 Å². The summed E-state index contributed by atoms with van der Waals surface area (Å²) < 4.78 is 0. The number of allylic oxidation sites excluding steroid dienone is 2. The first kappa shape index (κ1) is 22.9. The number of carboxylic acid groups (broad SMARTS) is 1. The normalized spacial score (nSPS) is 13.8. The molecule has 0 aliphatic heterocycles. The van der Waals surface area contributed by atoms with E-state index in [1.807, 2.05) is 25.1 Å². The molecule has 1 rings (SSSR count). The molecule has 3 nitrogen and oxygen atoms in total. The fourth-order valence-electron chi connectivity index (χ4n) is 3.12. The van der Waals surface area contributed by atoms with Crippen LogP contribution in [0, 0.1) is 11.8 Å². The number of benzene rings is 1. The van der Waals surface area contributed by atoms with Gasteiger partial charge in [-0.3, -0.25) is 0 Å². The Hall–Kier alpha value is -2.16. The van der Waals surface area contributed by atoms with Gasteiger partial charge in [-0.2, -0.15) is 0 Å². The minimum atomic E-state index is -0.876. The SMILES string of the molecule is C[C@H](C=O)CCCCCC[C@H](/C=C/c1ccccc1)CCC/C=C/C(=O)O. The molecule has 0 unspecified atom stereocenters. The lowest BCUT2D eigenvalue weighted by atomic mass is 9.93. The number of aldehydes is 1. The molecule has 1 aromatic rings. The number of hydrogen-bond acceptors (Lipinski definition) is 2. The van der Waals surface area contributed by atoms with Crippen LogP contribution in [0.4, 0.5) is 0 Å². The van der Waals surface area contributed by atoms with Crippen LogP contribution in [-0.2, 0) is 9.59 Å². The smallest absolute Gasteiger partial charge is 0.327 e. The quantitative estimate of drug-likeness (QED) is 0.224. The topological polar surface area (TPSA) is 54.4 Å². The molecule has 1 aromatic carbocycles. The van der Waals surface area contributed by atoms with E-state index in [9.17, 15) is 9.59 Å². The zero-order valence-corrected chi connectivity index (χ0v) is 16.6. The van der Waals surface area contributed by atoms with Crippen molar-refractivity contribution in [3.05, 3.63) is 54.1 Å². The summed E-state index contributed by atoms with van der Waals surface area (Å²) in [6, 6.07) is 10.3. The first-order valence-corrected chi connectivity index (χ1v) is 10.2. The molecule has 0 aromatic heterocycles. The highest BCUT2D eigenvalue weighted by molar-refractivity contribution is 5.79. The van der Waals surface area contributed by atoms with E-state index in [2.05, 4.69) is 24.3 Å². The molecule has 0 heterocycles. The maximum absolute atomic E-state index is 10.6. The van der Waals surface area contributed by atoms with Gasteiger partial charge in [0, 0.05) is 12.0 Å². The Labute approximate surface area is 164 Å². The van der Waals surface area contributed by atoms with E-state index in [1.165, 1.54) is 30.9 Å². The zero-order chi connectivity index (χ0) is 19.7. The van der Waals surface area contributed by atoms with E-state index in [-0.39, 0.29) is 5.92 Å². The number of aliphatic carboxylic acids is 1. The average Bonchev–Trinajstić information content (AvgIpc) is 2.68. The molecule has 148 valence electrons. The summed E-state index contributed by atoms with van der Waals surface area (Å²) in [7, 11) is 0. The van der Waals surface area contributed by atoms with Crippen LogP contribution in [0.2, 0.25) is 0 Å².